The Bertz CT molecular complexity index is 680. The highest BCUT2D eigenvalue weighted by Gasteiger charge is 2.33. The molecule has 1 heterocycles. The molecular formula is C16H17N3OS2. The van der Waals surface area contributed by atoms with Crippen molar-refractivity contribution in [2.45, 2.75) is 42.0 Å². The summed E-state index contributed by atoms with van der Waals surface area (Å²) in [5.74, 6) is 0.233. The van der Waals surface area contributed by atoms with Crippen LogP contribution in [0.1, 0.15) is 32.1 Å². The van der Waals surface area contributed by atoms with Crippen LogP contribution in [0.15, 0.2) is 28.6 Å². The summed E-state index contributed by atoms with van der Waals surface area (Å²) in [4.78, 5) is 16.7. The van der Waals surface area contributed by atoms with Crippen molar-refractivity contribution in [2.75, 3.05) is 5.75 Å². The number of para-hydroxylation sites is 1. The molecule has 0 bridgehead atoms. The molecule has 2 aromatic rings. The van der Waals surface area contributed by atoms with E-state index in [0.717, 1.165) is 46.7 Å². The van der Waals surface area contributed by atoms with Crippen molar-refractivity contribution in [2.24, 2.45) is 0 Å². The first-order valence-corrected chi connectivity index (χ1v) is 9.22. The lowest BCUT2D eigenvalue weighted by Gasteiger charge is -2.31. The van der Waals surface area contributed by atoms with E-state index in [1.54, 1.807) is 11.3 Å². The number of aromatic nitrogens is 1. The highest BCUT2D eigenvalue weighted by Crippen LogP contribution is 2.30. The summed E-state index contributed by atoms with van der Waals surface area (Å²) in [6, 6.07) is 10.3. The molecule has 4 nitrogen and oxygen atoms in total. The van der Waals surface area contributed by atoms with E-state index in [0.29, 0.717) is 5.75 Å². The minimum absolute atomic E-state index is 0.0762. The van der Waals surface area contributed by atoms with Crippen LogP contribution in [0.2, 0.25) is 0 Å². The third-order valence-electron chi connectivity index (χ3n) is 3.90. The van der Waals surface area contributed by atoms with Gasteiger partial charge in [0.05, 0.1) is 22.0 Å². The first kappa shape index (κ1) is 15.3. The minimum atomic E-state index is -0.649. The van der Waals surface area contributed by atoms with Gasteiger partial charge in [-0.15, -0.1) is 11.3 Å². The number of amides is 1. The summed E-state index contributed by atoms with van der Waals surface area (Å²) in [6.07, 6.45) is 4.71. The summed E-state index contributed by atoms with van der Waals surface area (Å²) >= 11 is 3.04. The van der Waals surface area contributed by atoms with Crippen molar-refractivity contribution < 1.29 is 4.79 Å². The van der Waals surface area contributed by atoms with E-state index in [2.05, 4.69) is 16.4 Å². The second-order valence-corrected chi connectivity index (χ2v) is 7.79. The quantitative estimate of drug-likeness (QED) is 0.867. The highest BCUT2D eigenvalue weighted by molar-refractivity contribution is 8.01. The minimum Gasteiger partial charge on any atom is -0.337 e. The number of hydrogen-bond donors (Lipinski definition) is 1. The van der Waals surface area contributed by atoms with Gasteiger partial charge in [-0.1, -0.05) is 43.2 Å². The first-order valence-electron chi connectivity index (χ1n) is 7.41. The average molecular weight is 331 g/mol. The summed E-state index contributed by atoms with van der Waals surface area (Å²) in [7, 11) is 0. The molecule has 114 valence electrons. The summed E-state index contributed by atoms with van der Waals surface area (Å²) in [6.45, 7) is 0. The number of nitrogens with one attached hydrogen (secondary N) is 1. The van der Waals surface area contributed by atoms with Crippen molar-refractivity contribution in [3.05, 3.63) is 24.3 Å². The van der Waals surface area contributed by atoms with Gasteiger partial charge in [-0.25, -0.2) is 4.98 Å². The Morgan fingerprint density at radius 1 is 1.36 bits per heavy atom. The molecule has 0 radical (unpaired) electrons. The fourth-order valence-corrected chi connectivity index (χ4v) is 4.63. The largest absolute Gasteiger partial charge is 0.337 e. The van der Waals surface area contributed by atoms with Crippen LogP contribution in [0.4, 0.5) is 0 Å². The molecule has 1 fully saturated rings. The van der Waals surface area contributed by atoms with E-state index in [1.165, 1.54) is 11.8 Å². The number of rotatable bonds is 4. The molecule has 6 heteroatoms. The molecule has 1 saturated carbocycles. The Balaban J connectivity index is 1.59. The van der Waals surface area contributed by atoms with Gasteiger partial charge in [-0.2, -0.15) is 5.26 Å². The summed E-state index contributed by atoms with van der Waals surface area (Å²) < 4.78 is 2.03. The third kappa shape index (κ3) is 3.42. The molecule has 0 saturated heterocycles. The normalized spacial score (nSPS) is 17.0. The zero-order chi connectivity index (χ0) is 15.4. The van der Waals surface area contributed by atoms with Gasteiger partial charge in [0.1, 0.15) is 5.54 Å². The van der Waals surface area contributed by atoms with Gasteiger partial charge in [0.2, 0.25) is 5.91 Å². The maximum absolute atomic E-state index is 12.2. The SMILES string of the molecule is N#CC1(NC(=O)CSc2nc3ccccc3s2)CCCCC1. The van der Waals surface area contributed by atoms with Crippen LogP contribution >= 0.6 is 23.1 Å². The van der Waals surface area contributed by atoms with Gasteiger partial charge in [0, 0.05) is 0 Å². The van der Waals surface area contributed by atoms with Crippen molar-refractivity contribution in [3.63, 3.8) is 0 Å². The predicted molar refractivity (Wildman–Crippen MR) is 89.9 cm³/mol. The van der Waals surface area contributed by atoms with Gasteiger partial charge in [0.25, 0.3) is 0 Å². The molecule has 0 unspecified atom stereocenters. The second kappa shape index (κ2) is 6.67. The third-order valence-corrected chi connectivity index (χ3v) is 6.08. The predicted octanol–water partition coefficient (Wildman–Crippen LogP) is 3.73. The van der Waals surface area contributed by atoms with Crippen LogP contribution in [0.25, 0.3) is 10.2 Å². The van der Waals surface area contributed by atoms with Gasteiger partial charge in [-0.3, -0.25) is 4.79 Å². The molecule has 1 aliphatic rings. The number of fused-ring (bicyclic) bond motifs is 1. The number of benzene rings is 1. The monoisotopic (exact) mass is 331 g/mol. The molecule has 22 heavy (non-hydrogen) atoms. The molecule has 1 aromatic heterocycles. The molecular weight excluding hydrogens is 314 g/mol. The lowest BCUT2D eigenvalue weighted by molar-refractivity contribution is -0.120. The molecule has 1 amide bonds. The number of hydrogen-bond acceptors (Lipinski definition) is 5. The van der Waals surface area contributed by atoms with Crippen molar-refractivity contribution in [1.29, 1.82) is 5.26 Å². The van der Waals surface area contributed by atoms with E-state index in [1.807, 2.05) is 24.3 Å². The Hall–Kier alpha value is -1.58. The second-order valence-electron chi connectivity index (χ2n) is 5.54. The van der Waals surface area contributed by atoms with Gasteiger partial charge in [0.15, 0.2) is 4.34 Å². The molecule has 0 spiro atoms. The molecule has 1 aliphatic carbocycles. The maximum Gasteiger partial charge on any atom is 0.231 e. The maximum atomic E-state index is 12.2. The van der Waals surface area contributed by atoms with Gasteiger partial charge in [-0.05, 0) is 25.0 Å². The standard InChI is InChI=1S/C16H17N3OS2/c17-11-16(8-4-1-5-9-16)19-14(20)10-21-15-18-12-6-2-3-7-13(12)22-15/h2-3,6-7H,1,4-5,8-10H2,(H,19,20). The first-order chi connectivity index (χ1) is 10.7. The van der Waals surface area contributed by atoms with Crippen LogP contribution in [-0.4, -0.2) is 22.2 Å². The van der Waals surface area contributed by atoms with E-state index >= 15 is 0 Å². The molecule has 1 aromatic carbocycles. The van der Waals surface area contributed by atoms with Crippen molar-refractivity contribution in [3.8, 4) is 6.07 Å². The number of carbonyl (C=O) groups is 1. The summed E-state index contributed by atoms with van der Waals surface area (Å²) in [5.41, 5.74) is 0.319. The van der Waals surface area contributed by atoms with Crippen molar-refractivity contribution >= 4 is 39.2 Å². The topological polar surface area (TPSA) is 65.8 Å². The Labute approximate surface area is 137 Å². The van der Waals surface area contributed by atoms with Crippen LogP contribution in [0.5, 0.6) is 0 Å². The van der Waals surface area contributed by atoms with Crippen LogP contribution < -0.4 is 5.32 Å². The summed E-state index contributed by atoms with van der Waals surface area (Å²) in [5, 5.41) is 12.3. The van der Waals surface area contributed by atoms with Gasteiger partial charge < -0.3 is 5.32 Å². The fourth-order valence-electron chi connectivity index (χ4n) is 2.76. The number of thiazole rings is 1. The number of nitrogens with zero attached hydrogens (tertiary/aromatic N) is 2. The highest BCUT2D eigenvalue weighted by atomic mass is 32.2. The van der Waals surface area contributed by atoms with E-state index < -0.39 is 5.54 Å². The zero-order valence-electron chi connectivity index (χ0n) is 12.2. The molecule has 0 aliphatic heterocycles. The van der Waals surface area contributed by atoms with Gasteiger partial charge >= 0.3 is 0 Å². The van der Waals surface area contributed by atoms with Crippen LogP contribution in [-0.2, 0) is 4.79 Å². The number of carbonyl (C=O) groups excluding carboxylic acids is 1. The lowest BCUT2D eigenvalue weighted by atomic mass is 9.83. The smallest absolute Gasteiger partial charge is 0.231 e. The molecule has 3 rings (SSSR count). The molecule has 0 atom stereocenters. The Morgan fingerprint density at radius 3 is 2.86 bits per heavy atom. The van der Waals surface area contributed by atoms with Crippen LogP contribution in [0, 0.1) is 11.3 Å². The van der Waals surface area contributed by atoms with Crippen molar-refractivity contribution in [1.82, 2.24) is 10.3 Å². The number of nitriles is 1. The van der Waals surface area contributed by atoms with E-state index in [9.17, 15) is 10.1 Å². The number of thioether (sulfide) groups is 1. The van der Waals surface area contributed by atoms with E-state index in [4.69, 9.17) is 0 Å². The van der Waals surface area contributed by atoms with Crippen LogP contribution in [0.3, 0.4) is 0 Å². The Morgan fingerprint density at radius 2 is 2.14 bits per heavy atom. The lowest BCUT2D eigenvalue weighted by Crippen LogP contribution is -2.49. The zero-order valence-corrected chi connectivity index (χ0v) is 13.8. The Kier molecular flexibility index (Phi) is 4.65. The van der Waals surface area contributed by atoms with E-state index in [-0.39, 0.29) is 5.91 Å². The average Bonchev–Trinajstić information content (AvgIpc) is 2.97. The fraction of sp³-hybridized carbons (Fsp3) is 0.438. The molecule has 1 N–H and O–H groups in total.